The van der Waals surface area contributed by atoms with Gasteiger partial charge in [-0.2, -0.15) is 0 Å². The molecule has 2 aromatic carbocycles. The second kappa shape index (κ2) is 5.87. The SMILES string of the molecule is Cc1cc(Br)c2c(c1)C(S(=O)(=O)c1ccc(Cl)cc1)CCO2. The summed E-state index contributed by atoms with van der Waals surface area (Å²) >= 11 is 9.30. The lowest BCUT2D eigenvalue weighted by molar-refractivity contribution is 0.281. The molecule has 1 aliphatic rings. The first-order valence-corrected chi connectivity index (χ1v) is 9.53. The summed E-state index contributed by atoms with van der Waals surface area (Å²) in [5.74, 6) is 0.624. The third kappa shape index (κ3) is 2.77. The first kappa shape index (κ1) is 15.8. The van der Waals surface area contributed by atoms with Gasteiger partial charge in [0.2, 0.25) is 0 Å². The Labute approximate surface area is 143 Å². The summed E-state index contributed by atoms with van der Waals surface area (Å²) in [7, 11) is -3.49. The minimum Gasteiger partial charge on any atom is -0.492 e. The van der Waals surface area contributed by atoms with Gasteiger partial charge in [0.1, 0.15) is 5.75 Å². The van der Waals surface area contributed by atoms with Gasteiger partial charge in [0.15, 0.2) is 9.84 Å². The molecular weight excluding hydrogens is 388 g/mol. The topological polar surface area (TPSA) is 43.4 Å². The molecule has 6 heteroatoms. The number of fused-ring (bicyclic) bond motifs is 1. The molecule has 22 heavy (non-hydrogen) atoms. The van der Waals surface area contributed by atoms with Gasteiger partial charge in [-0.1, -0.05) is 17.7 Å². The molecule has 3 rings (SSSR count). The Morgan fingerprint density at radius 1 is 1.23 bits per heavy atom. The Morgan fingerprint density at radius 3 is 2.59 bits per heavy atom. The zero-order chi connectivity index (χ0) is 15.9. The van der Waals surface area contributed by atoms with E-state index in [1.807, 2.05) is 19.1 Å². The number of halogens is 2. The molecule has 1 aliphatic heterocycles. The number of aryl methyl sites for hydroxylation is 1. The molecule has 0 amide bonds. The van der Waals surface area contributed by atoms with Gasteiger partial charge in [0, 0.05) is 17.0 Å². The number of sulfone groups is 1. The fraction of sp³-hybridized carbons (Fsp3) is 0.250. The molecule has 0 aromatic heterocycles. The Bertz CT molecular complexity index is 816. The summed E-state index contributed by atoms with van der Waals surface area (Å²) in [5, 5.41) is -0.0847. The van der Waals surface area contributed by atoms with Crippen molar-refractivity contribution < 1.29 is 13.2 Å². The van der Waals surface area contributed by atoms with Gasteiger partial charge >= 0.3 is 0 Å². The largest absolute Gasteiger partial charge is 0.492 e. The Hall–Kier alpha value is -1.04. The Morgan fingerprint density at radius 2 is 1.91 bits per heavy atom. The third-order valence-electron chi connectivity index (χ3n) is 3.71. The molecule has 0 aliphatic carbocycles. The normalized spacial score (nSPS) is 17.7. The van der Waals surface area contributed by atoms with Crippen LogP contribution in [0.4, 0.5) is 0 Å². The Balaban J connectivity index is 2.12. The smallest absolute Gasteiger partial charge is 0.185 e. The van der Waals surface area contributed by atoms with Crippen molar-refractivity contribution >= 4 is 37.4 Å². The molecule has 1 unspecified atom stereocenters. The number of benzene rings is 2. The van der Waals surface area contributed by atoms with Crippen molar-refractivity contribution in [1.29, 1.82) is 0 Å². The number of ether oxygens (including phenoxy) is 1. The van der Waals surface area contributed by atoms with Gasteiger partial charge in [0.05, 0.1) is 21.2 Å². The predicted octanol–water partition coefficient (Wildman–Crippen LogP) is 4.71. The van der Waals surface area contributed by atoms with Crippen molar-refractivity contribution in [2.75, 3.05) is 6.61 Å². The minimum absolute atomic E-state index is 0.285. The standard InChI is InChI=1S/C16H14BrClO3S/c1-10-8-13-15(6-7-21-16(13)14(17)9-10)22(19,20)12-4-2-11(18)3-5-12/h2-5,8-9,15H,6-7H2,1H3. The molecule has 0 saturated carbocycles. The molecule has 0 saturated heterocycles. The predicted molar refractivity (Wildman–Crippen MR) is 90.4 cm³/mol. The molecule has 0 N–H and O–H groups in total. The maximum absolute atomic E-state index is 13.0. The first-order chi connectivity index (χ1) is 10.4. The van der Waals surface area contributed by atoms with Crippen molar-refractivity contribution in [1.82, 2.24) is 0 Å². The lowest BCUT2D eigenvalue weighted by Gasteiger charge is -2.27. The van der Waals surface area contributed by atoms with E-state index in [4.69, 9.17) is 16.3 Å². The molecule has 3 nitrogen and oxygen atoms in total. The highest BCUT2D eigenvalue weighted by atomic mass is 79.9. The van der Waals surface area contributed by atoms with E-state index in [2.05, 4.69) is 15.9 Å². The molecule has 0 bridgehead atoms. The molecule has 1 heterocycles. The Kier molecular flexibility index (Phi) is 4.23. The van der Waals surface area contributed by atoms with Crippen LogP contribution in [0.3, 0.4) is 0 Å². The summed E-state index contributed by atoms with van der Waals surface area (Å²) < 4.78 is 32.4. The molecule has 1 atom stereocenters. The van der Waals surface area contributed by atoms with Crippen LogP contribution in [0.2, 0.25) is 5.02 Å². The molecular formula is C16H14BrClO3S. The highest BCUT2D eigenvalue weighted by molar-refractivity contribution is 9.10. The maximum atomic E-state index is 13.0. The van der Waals surface area contributed by atoms with E-state index in [9.17, 15) is 8.42 Å². The second-order valence-electron chi connectivity index (χ2n) is 5.29. The monoisotopic (exact) mass is 400 g/mol. The van der Waals surface area contributed by atoms with Gasteiger partial charge in [0.25, 0.3) is 0 Å². The highest BCUT2D eigenvalue weighted by Crippen LogP contribution is 2.44. The fourth-order valence-corrected chi connectivity index (χ4v) is 5.27. The van der Waals surface area contributed by atoms with Crippen molar-refractivity contribution in [3.05, 3.63) is 57.0 Å². The molecule has 0 spiro atoms. The summed E-state index contributed by atoms with van der Waals surface area (Å²) in [6.07, 6.45) is 0.438. The van der Waals surface area contributed by atoms with E-state index in [0.29, 0.717) is 29.4 Å². The van der Waals surface area contributed by atoms with E-state index in [1.54, 1.807) is 24.3 Å². The van der Waals surface area contributed by atoms with Gasteiger partial charge in [-0.3, -0.25) is 0 Å². The van der Waals surface area contributed by atoms with Crippen molar-refractivity contribution in [3.8, 4) is 5.75 Å². The van der Waals surface area contributed by atoms with Gasteiger partial charge < -0.3 is 4.74 Å². The lowest BCUT2D eigenvalue weighted by atomic mass is 10.0. The average molecular weight is 402 g/mol. The van der Waals surface area contributed by atoms with Crippen LogP contribution in [0.5, 0.6) is 5.75 Å². The summed E-state index contributed by atoms with van der Waals surface area (Å²) in [6, 6.07) is 10.1. The van der Waals surface area contributed by atoms with Crippen LogP contribution in [-0.4, -0.2) is 15.0 Å². The van der Waals surface area contributed by atoms with Crippen LogP contribution >= 0.6 is 27.5 Å². The quantitative estimate of drug-likeness (QED) is 0.732. The van der Waals surface area contributed by atoms with Crippen LogP contribution < -0.4 is 4.74 Å². The number of rotatable bonds is 2. The maximum Gasteiger partial charge on any atom is 0.185 e. The van der Waals surface area contributed by atoms with Gasteiger partial charge in [-0.15, -0.1) is 0 Å². The lowest BCUT2D eigenvalue weighted by Crippen LogP contribution is -2.22. The van der Waals surface area contributed by atoms with E-state index in [0.717, 1.165) is 10.0 Å². The second-order valence-corrected chi connectivity index (χ2v) is 8.71. The summed E-state index contributed by atoms with van der Waals surface area (Å²) in [4.78, 5) is 0.285. The van der Waals surface area contributed by atoms with Crippen molar-refractivity contribution in [2.24, 2.45) is 0 Å². The zero-order valence-corrected chi connectivity index (χ0v) is 15.0. The van der Waals surface area contributed by atoms with Gasteiger partial charge in [-0.25, -0.2) is 8.42 Å². The minimum atomic E-state index is -3.49. The fourth-order valence-electron chi connectivity index (χ4n) is 2.68. The van der Waals surface area contributed by atoms with Crippen LogP contribution in [0.25, 0.3) is 0 Å². The van der Waals surface area contributed by atoms with Crippen LogP contribution in [0, 0.1) is 6.92 Å². The molecule has 0 radical (unpaired) electrons. The number of hydrogen-bond donors (Lipinski definition) is 0. The van der Waals surface area contributed by atoms with Crippen molar-refractivity contribution in [2.45, 2.75) is 23.5 Å². The zero-order valence-electron chi connectivity index (χ0n) is 11.8. The first-order valence-electron chi connectivity index (χ1n) is 6.82. The molecule has 116 valence electrons. The number of hydrogen-bond acceptors (Lipinski definition) is 3. The summed E-state index contributed by atoms with van der Waals surface area (Å²) in [6.45, 7) is 2.32. The van der Waals surface area contributed by atoms with Gasteiger partial charge in [-0.05, 0) is 58.7 Å². The van der Waals surface area contributed by atoms with Crippen LogP contribution in [0.15, 0.2) is 45.8 Å². The van der Waals surface area contributed by atoms with E-state index in [1.165, 1.54) is 0 Å². The van der Waals surface area contributed by atoms with Crippen LogP contribution in [0.1, 0.15) is 22.8 Å². The summed E-state index contributed by atoms with van der Waals surface area (Å²) in [5.41, 5.74) is 1.71. The molecule has 2 aromatic rings. The molecule has 0 fully saturated rings. The van der Waals surface area contributed by atoms with Crippen LogP contribution in [-0.2, 0) is 9.84 Å². The van der Waals surface area contributed by atoms with E-state index < -0.39 is 15.1 Å². The van der Waals surface area contributed by atoms with E-state index >= 15 is 0 Å². The highest BCUT2D eigenvalue weighted by Gasteiger charge is 2.35. The van der Waals surface area contributed by atoms with Crippen molar-refractivity contribution in [3.63, 3.8) is 0 Å². The third-order valence-corrected chi connectivity index (χ3v) is 6.72. The average Bonchev–Trinajstić information content (AvgIpc) is 2.47. The van der Waals surface area contributed by atoms with E-state index in [-0.39, 0.29) is 4.90 Å².